The molecule has 0 bridgehead atoms. The Morgan fingerprint density at radius 1 is 1.22 bits per heavy atom. The molecule has 0 aliphatic heterocycles. The van der Waals surface area contributed by atoms with Crippen LogP contribution in [0.5, 0.6) is 0 Å². The normalized spacial score (nSPS) is 11.9. The third-order valence-corrected chi connectivity index (χ3v) is 5.50. The molecular weight excluding hydrogens is 381 g/mol. The summed E-state index contributed by atoms with van der Waals surface area (Å²) >= 11 is 9.86. The Morgan fingerprint density at radius 2 is 1.89 bits per heavy atom. The van der Waals surface area contributed by atoms with Crippen molar-refractivity contribution in [1.29, 1.82) is 0 Å². The highest BCUT2D eigenvalue weighted by Gasteiger charge is 2.20. The first-order valence-electron chi connectivity index (χ1n) is 5.45. The first-order chi connectivity index (χ1) is 8.29. The first-order valence-corrected chi connectivity index (χ1v) is 7.78. The number of aromatic nitrogens is 3. The van der Waals surface area contributed by atoms with Crippen molar-refractivity contribution in [2.24, 2.45) is 0 Å². The van der Waals surface area contributed by atoms with Crippen LogP contribution in [0.4, 0.5) is 0 Å². The highest BCUT2D eigenvalue weighted by molar-refractivity contribution is 14.1. The van der Waals surface area contributed by atoms with Gasteiger partial charge in [-0.1, -0.05) is 32.4 Å². The van der Waals surface area contributed by atoms with Crippen LogP contribution < -0.4 is 0 Å². The Kier molecular flexibility index (Phi) is 3.94. The van der Waals surface area contributed by atoms with E-state index in [2.05, 4.69) is 58.3 Å². The Hall–Kier alpha value is -0.270. The largest absolute Gasteiger partial charge is 0.237 e. The third-order valence-electron chi connectivity index (χ3n) is 2.35. The zero-order chi connectivity index (χ0) is 13.5. The van der Waals surface area contributed by atoms with Crippen LogP contribution >= 0.6 is 45.5 Å². The standard InChI is InChI=1S/C12H13ClIN3S/c1-6-8(14)9(13)17-10(15-6)7-5-18-11(16-7)12(2,3)4/h5H,1-4H3. The number of thiazole rings is 1. The van der Waals surface area contributed by atoms with E-state index in [1.165, 1.54) is 0 Å². The summed E-state index contributed by atoms with van der Waals surface area (Å²) in [6.45, 7) is 8.35. The molecule has 0 N–H and O–H groups in total. The van der Waals surface area contributed by atoms with Gasteiger partial charge in [0, 0.05) is 10.8 Å². The molecule has 0 saturated heterocycles. The van der Waals surface area contributed by atoms with E-state index in [1.54, 1.807) is 11.3 Å². The minimum absolute atomic E-state index is 0.0466. The number of nitrogens with zero attached hydrogens (tertiary/aromatic N) is 3. The number of rotatable bonds is 1. The van der Waals surface area contributed by atoms with E-state index < -0.39 is 0 Å². The summed E-state index contributed by atoms with van der Waals surface area (Å²) < 4.78 is 0.893. The van der Waals surface area contributed by atoms with Crippen molar-refractivity contribution < 1.29 is 0 Å². The van der Waals surface area contributed by atoms with Crippen LogP contribution in [0.25, 0.3) is 11.5 Å². The summed E-state index contributed by atoms with van der Waals surface area (Å²) in [4.78, 5) is 13.3. The molecule has 96 valence electrons. The highest BCUT2D eigenvalue weighted by Crippen LogP contribution is 2.30. The number of halogens is 2. The molecule has 0 amide bonds. The van der Waals surface area contributed by atoms with Gasteiger partial charge in [-0.15, -0.1) is 11.3 Å². The monoisotopic (exact) mass is 393 g/mol. The molecule has 18 heavy (non-hydrogen) atoms. The second kappa shape index (κ2) is 5.02. The predicted molar refractivity (Wildman–Crippen MR) is 84.3 cm³/mol. The van der Waals surface area contributed by atoms with E-state index in [-0.39, 0.29) is 5.41 Å². The van der Waals surface area contributed by atoms with E-state index >= 15 is 0 Å². The van der Waals surface area contributed by atoms with Crippen molar-refractivity contribution in [3.05, 3.63) is 24.8 Å². The Bertz CT molecular complexity index is 566. The molecule has 2 aromatic rings. The van der Waals surface area contributed by atoms with E-state index in [4.69, 9.17) is 11.6 Å². The van der Waals surface area contributed by atoms with Crippen molar-refractivity contribution in [3.63, 3.8) is 0 Å². The second-order valence-electron chi connectivity index (χ2n) is 5.03. The molecule has 0 aliphatic rings. The lowest BCUT2D eigenvalue weighted by molar-refractivity contribution is 0.586. The number of hydrogen-bond acceptors (Lipinski definition) is 4. The molecule has 0 spiro atoms. The fraction of sp³-hybridized carbons (Fsp3) is 0.417. The Labute approximate surface area is 129 Å². The van der Waals surface area contributed by atoms with E-state index in [0.29, 0.717) is 11.0 Å². The molecule has 2 heterocycles. The summed E-state index contributed by atoms with van der Waals surface area (Å²) in [5.41, 5.74) is 1.73. The van der Waals surface area contributed by atoms with E-state index in [1.807, 2.05) is 12.3 Å². The van der Waals surface area contributed by atoms with Gasteiger partial charge in [0.25, 0.3) is 0 Å². The molecule has 6 heteroatoms. The molecule has 0 aliphatic carbocycles. The predicted octanol–water partition coefficient (Wildman–Crippen LogP) is 4.46. The quantitative estimate of drug-likeness (QED) is 0.530. The average molecular weight is 394 g/mol. The molecule has 3 nitrogen and oxygen atoms in total. The summed E-state index contributed by atoms with van der Waals surface area (Å²) in [5, 5.41) is 3.55. The molecule has 0 fully saturated rings. The summed E-state index contributed by atoms with van der Waals surface area (Å²) in [6.07, 6.45) is 0. The van der Waals surface area contributed by atoms with Crippen molar-refractivity contribution >= 4 is 45.5 Å². The molecule has 0 saturated carbocycles. The van der Waals surface area contributed by atoms with Gasteiger partial charge in [-0.3, -0.25) is 0 Å². The zero-order valence-electron chi connectivity index (χ0n) is 10.6. The van der Waals surface area contributed by atoms with Crippen LogP contribution in [0, 0.1) is 10.5 Å². The molecule has 0 aromatic carbocycles. The SMILES string of the molecule is Cc1nc(-c2csc(C(C)(C)C)n2)nc(Cl)c1I. The Morgan fingerprint density at radius 3 is 2.39 bits per heavy atom. The fourth-order valence-corrected chi connectivity index (χ4v) is 2.70. The van der Waals surface area contributed by atoms with E-state index in [0.717, 1.165) is 20.0 Å². The fourth-order valence-electron chi connectivity index (χ4n) is 1.36. The zero-order valence-corrected chi connectivity index (χ0v) is 14.3. The molecule has 0 atom stereocenters. The molecule has 2 aromatic heterocycles. The average Bonchev–Trinajstić information content (AvgIpc) is 2.73. The van der Waals surface area contributed by atoms with E-state index in [9.17, 15) is 0 Å². The van der Waals surface area contributed by atoms with Gasteiger partial charge in [0.1, 0.15) is 10.8 Å². The van der Waals surface area contributed by atoms with Crippen molar-refractivity contribution in [2.75, 3.05) is 0 Å². The van der Waals surface area contributed by atoms with Crippen molar-refractivity contribution in [1.82, 2.24) is 15.0 Å². The van der Waals surface area contributed by atoms with Gasteiger partial charge >= 0.3 is 0 Å². The van der Waals surface area contributed by atoms with Crippen LogP contribution in [0.2, 0.25) is 5.15 Å². The first kappa shape index (κ1) is 14.1. The van der Waals surface area contributed by atoms with Crippen LogP contribution in [0.1, 0.15) is 31.5 Å². The van der Waals surface area contributed by atoms with Gasteiger partial charge in [-0.05, 0) is 29.5 Å². The van der Waals surface area contributed by atoms with Gasteiger partial charge < -0.3 is 0 Å². The van der Waals surface area contributed by atoms with Gasteiger partial charge in [0.2, 0.25) is 0 Å². The van der Waals surface area contributed by atoms with Gasteiger partial charge in [0.15, 0.2) is 5.82 Å². The maximum absolute atomic E-state index is 6.08. The number of hydrogen-bond donors (Lipinski definition) is 0. The number of aryl methyl sites for hydroxylation is 1. The third kappa shape index (κ3) is 2.83. The molecule has 2 rings (SSSR count). The van der Waals surface area contributed by atoms with Gasteiger partial charge in [-0.25, -0.2) is 15.0 Å². The maximum Gasteiger partial charge on any atom is 0.180 e. The van der Waals surface area contributed by atoms with Crippen LogP contribution in [0.3, 0.4) is 0 Å². The lowest BCUT2D eigenvalue weighted by Crippen LogP contribution is -2.10. The lowest BCUT2D eigenvalue weighted by atomic mass is 9.98. The Balaban J connectivity index is 2.47. The van der Waals surface area contributed by atoms with Gasteiger partial charge in [-0.2, -0.15) is 0 Å². The topological polar surface area (TPSA) is 38.7 Å². The van der Waals surface area contributed by atoms with Crippen molar-refractivity contribution in [2.45, 2.75) is 33.1 Å². The minimum Gasteiger partial charge on any atom is -0.237 e. The van der Waals surface area contributed by atoms with Crippen LogP contribution in [-0.4, -0.2) is 15.0 Å². The maximum atomic E-state index is 6.08. The van der Waals surface area contributed by atoms with Crippen molar-refractivity contribution in [3.8, 4) is 11.5 Å². The lowest BCUT2D eigenvalue weighted by Gasteiger charge is -2.13. The summed E-state index contributed by atoms with van der Waals surface area (Å²) in [7, 11) is 0. The molecular formula is C12H13ClIN3S. The highest BCUT2D eigenvalue weighted by atomic mass is 127. The summed E-state index contributed by atoms with van der Waals surface area (Å²) in [6, 6.07) is 0. The minimum atomic E-state index is 0.0466. The smallest absolute Gasteiger partial charge is 0.180 e. The summed E-state index contributed by atoms with van der Waals surface area (Å²) in [5.74, 6) is 0.602. The van der Waals surface area contributed by atoms with Crippen LogP contribution in [0.15, 0.2) is 5.38 Å². The van der Waals surface area contributed by atoms with Crippen LogP contribution in [-0.2, 0) is 5.41 Å². The molecule has 0 radical (unpaired) electrons. The van der Waals surface area contributed by atoms with Gasteiger partial charge in [0.05, 0.1) is 14.3 Å². The molecule has 0 unspecified atom stereocenters. The second-order valence-corrected chi connectivity index (χ2v) is 7.32.